The number of nitrogens with zero attached hydrogens (tertiary/aromatic N) is 2. The molecule has 0 aliphatic rings. The molecule has 0 radical (unpaired) electrons. The molecule has 0 spiro atoms. The summed E-state index contributed by atoms with van der Waals surface area (Å²) in [5.41, 5.74) is 0.836. The lowest BCUT2D eigenvalue weighted by Crippen LogP contribution is -2.47. The highest BCUT2D eigenvalue weighted by atomic mass is 16.4. The topological polar surface area (TPSA) is 98.3 Å². The van der Waals surface area contributed by atoms with E-state index in [1.54, 1.807) is 26.2 Å². The van der Waals surface area contributed by atoms with Crippen LogP contribution >= 0.6 is 0 Å². The number of rotatable bonds is 5. The molecule has 0 fully saturated rings. The smallest absolute Gasteiger partial charge is 0.323 e. The van der Waals surface area contributed by atoms with E-state index in [0.717, 1.165) is 5.56 Å². The number of hydrogen-bond acceptors (Lipinski definition) is 3. The molecule has 0 aliphatic carbocycles. The first kappa shape index (κ1) is 14.0. The third kappa shape index (κ3) is 3.76. The Labute approximate surface area is 105 Å². The van der Waals surface area contributed by atoms with Crippen LogP contribution in [0.1, 0.15) is 32.4 Å². The predicted octanol–water partition coefficient (Wildman–Crippen LogP) is 0.975. The quantitative estimate of drug-likeness (QED) is 0.729. The van der Waals surface area contributed by atoms with Gasteiger partial charge in [0.2, 0.25) is 0 Å². The molecule has 1 unspecified atom stereocenters. The number of nitrogens with one attached hydrogen (secondary N) is 2. The molecule has 7 nitrogen and oxygen atoms in total. The number of urea groups is 1. The number of H-pyrrole nitrogens is 1. The molecule has 7 heteroatoms. The van der Waals surface area contributed by atoms with Crippen molar-refractivity contribution in [2.45, 2.75) is 32.9 Å². The van der Waals surface area contributed by atoms with Gasteiger partial charge in [-0.05, 0) is 20.8 Å². The van der Waals surface area contributed by atoms with Gasteiger partial charge in [0, 0.05) is 17.8 Å². The third-order valence-electron chi connectivity index (χ3n) is 2.55. The number of carbonyl (C=O) groups excluding carboxylic acids is 1. The largest absolute Gasteiger partial charge is 0.480 e. The van der Waals surface area contributed by atoms with Gasteiger partial charge in [-0.2, -0.15) is 5.10 Å². The molecule has 1 aromatic heterocycles. The second-order valence-electron chi connectivity index (χ2n) is 4.32. The number of carboxylic acid groups (broad SMARTS) is 1. The van der Waals surface area contributed by atoms with Gasteiger partial charge in [-0.1, -0.05) is 0 Å². The molecular weight excluding hydrogens is 236 g/mol. The Morgan fingerprint density at radius 2 is 2.17 bits per heavy atom. The molecular formula is C11H18N4O3. The Balaban J connectivity index is 2.64. The minimum absolute atomic E-state index is 0.183. The van der Waals surface area contributed by atoms with Crippen LogP contribution in [-0.4, -0.2) is 44.8 Å². The fourth-order valence-electron chi connectivity index (χ4n) is 1.48. The van der Waals surface area contributed by atoms with E-state index in [4.69, 9.17) is 5.11 Å². The molecule has 100 valence electrons. The van der Waals surface area contributed by atoms with Crippen molar-refractivity contribution in [2.75, 3.05) is 6.54 Å². The monoisotopic (exact) mass is 254 g/mol. The molecule has 0 aliphatic heterocycles. The Kier molecular flexibility index (Phi) is 4.70. The van der Waals surface area contributed by atoms with Crippen LogP contribution in [-0.2, 0) is 4.79 Å². The number of aromatic amines is 1. The van der Waals surface area contributed by atoms with Gasteiger partial charge >= 0.3 is 12.0 Å². The van der Waals surface area contributed by atoms with E-state index < -0.39 is 12.0 Å². The lowest BCUT2D eigenvalue weighted by atomic mass is 10.2. The van der Waals surface area contributed by atoms with E-state index in [9.17, 15) is 9.59 Å². The number of carbonyl (C=O) groups is 2. The van der Waals surface area contributed by atoms with Crippen molar-refractivity contribution in [3.05, 3.63) is 18.0 Å². The van der Waals surface area contributed by atoms with E-state index in [0.29, 0.717) is 0 Å². The normalized spacial score (nSPS) is 12.2. The average molecular weight is 254 g/mol. The predicted molar refractivity (Wildman–Crippen MR) is 65.0 cm³/mol. The van der Waals surface area contributed by atoms with Crippen molar-refractivity contribution >= 4 is 12.0 Å². The van der Waals surface area contributed by atoms with E-state index >= 15 is 0 Å². The van der Waals surface area contributed by atoms with Crippen LogP contribution in [0.3, 0.4) is 0 Å². The van der Waals surface area contributed by atoms with Gasteiger partial charge in [0.15, 0.2) is 0 Å². The van der Waals surface area contributed by atoms with Crippen LogP contribution in [0.4, 0.5) is 4.79 Å². The summed E-state index contributed by atoms with van der Waals surface area (Å²) < 4.78 is 0. The molecule has 1 atom stereocenters. The zero-order chi connectivity index (χ0) is 13.7. The lowest BCUT2D eigenvalue weighted by Gasteiger charge is -2.26. The molecule has 3 N–H and O–H groups in total. The van der Waals surface area contributed by atoms with Crippen LogP contribution in [0.25, 0.3) is 0 Å². The fourth-order valence-corrected chi connectivity index (χ4v) is 1.48. The van der Waals surface area contributed by atoms with Crippen LogP contribution in [0, 0.1) is 0 Å². The lowest BCUT2D eigenvalue weighted by molar-refractivity contribution is -0.138. The number of carboxylic acids is 1. The molecule has 18 heavy (non-hydrogen) atoms. The summed E-state index contributed by atoms with van der Waals surface area (Å²) >= 11 is 0. The van der Waals surface area contributed by atoms with Gasteiger partial charge in [0.05, 0.1) is 12.2 Å². The first-order chi connectivity index (χ1) is 8.41. The highest BCUT2D eigenvalue weighted by molar-refractivity contribution is 5.80. The van der Waals surface area contributed by atoms with Gasteiger partial charge < -0.3 is 15.3 Å². The highest BCUT2D eigenvalue weighted by Crippen LogP contribution is 2.10. The number of hydrogen-bond donors (Lipinski definition) is 3. The maximum Gasteiger partial charge on any atom is 0.323 e. The second kappa shape index (κ2) is 6.04. The van der Waals surface area contributed by atoms with E-state index in [1.807, 2.05) is 6.92 Å². The van der Waals surface area contributed by atoms with Crippen molar-refractivity contribution in [2.24, 2.45) is 0 Å². The molecule has 0 bridgehead atoms. The summed E-state index contributed by atoms with van der Waals surface area (Å²) in [6.45, 7) is 5.03. The molecule has 0 saturated carbocycles. The van der Waals surface area contributed by atoms with Gasteiger partial charge in [-0.25, -0.2) is 4.79 Å². The summed E-state index contributed by atoms with van der Waals surface area (Å²) in [5.74, 6) is -1.03. The van der Waals surface area contributed by atoms with E-state index in [1.165, 1.54) is 4.90 Å². The molecule has 1 rings (SSSR count). The first-order valence-corrected chi connectivity index (χ1v) is 5.69. The van der Waals surface area contributed by atoms with Crippen molar-refractivity contribution in [1.82, 2.24) is 20.4 Å². The van der Waals surface area contributed by atoms with Crippen LogP contribution < -0.4 is 5.32 Å². The average Bonchev–Trinajstić information content (AvgIpc) is 2.78. The van der Waals surface area contributed by atoms with Gasteiger partial charge in [0.1, 0.15) is 6.54 Å². The zero-order valence-electron chi connectivity index (χ0n) is 10.7. The molecule has 0 saturated heterocycles. The van der Waals surface area contributed by atoms with Gasteiger partial charge in [0.25, 0.3) is 0 Å². The minimum atomic E-state index is -1.03. The third-order valence-corrected chi connectivity index (χ3v) is 2.55. The molecule has 2 amide bonds. The summed E-state index contributed by atoms with van der Waals surface area (Å²) in [6, 6.07) is -0.815. The fraction of sp³-hybridized carbons (Fsp3) is 0.545. The highest BCUT2D eigenvalue weighted by Gasteiger charge is 2.21. The summed E-state index contributed by atoms with van der Waals surface area (Å²) in [5, 5.41) is 17.9. The van der Waals surface area contributed by atoms with Crippen molar-refractivity contribution in [1.29, 1.82) is 0 Å². The molecule has 1 heterocycles. The number of amides is 2. The van der Waals surface area contributed by atoms with Crippen LogP contribution in [0.2, 0.25) is 0 Å². The van der Waals surface area contributed by atoms with E-state index in [2.05, 4.69) is 15.5 Å². The zero-order valence-corrected chi connectivity index (χ0v) is 10.7. The Bertz CT molecular complexity index is 402. The minimum Gasteiger partial charge on any atom is -0.480 e. The Hall–Kier alpha value is -2.05. The summed E-state index contributed by atoms with van der Waals surface area (Å²) in [7, 11) is 0. The van der Waals surface area contributed by atoms with Crippen molar-refractivity contribution in [3.63, 3.8) is 0 Å². The maximum atomic E-state index is 11.9. The Morgan fingerprint density at radius 1 is 1.50 bits per heavy atom. The second-order valence-corrected chi connectivity index (χ2v) is 4.32. The molecule has 1 aromatic rings. The van der Waals surface area contributed by atoms with Gasteiger partial charge in [-0.15, -0.1) is 0 Å². The first-order valence-electron chi connectivity index (χ1n) is 5.69. The van der Waals surface area contributed by atoms with Crippen LogP contribution in [0.5, 0.6) is 0 Å². The van der Waals surface area contributed by atoms with Crippen LogP contribution in [0.15, 0.2) is 12.4 Å². The number of aliphatic carboxylic acids is 1. The SMILES string of the molecule is CC(NC(=O)N(CC(=O)O)C(C)C)c1cn[nH]c1. The van der Waals surface area contributed by atoms with Crippen molar-refractivity contribution in [3.8, 4) is 0 Å². The number of aromatic nitrogens is 2. The molecule has 0 aromatic carbocycles. The van der Waals surface area contributed by atoms with E-state index in [-0.39, 0.29) is 18.6 Å². The summed E-state index contributed by atoms with van der Waals surface area (Å²) in [6.07, 6.45) is 3.30. The van der Waals surface area contributed by atoms with Crippen molar-refractivity contribution < 1.29 is 14.7 Å². The van der Waals surface area contributed by atoms with Gasteiger partial charge in [-0.3, -0.25) is 9.89 Å². The Morgan fingerprint density at radius 3 is 2.61 bits per heavy atom. The standard InChI is InChI=1S/C11H18N4O3/c1-7(2)15(6-10(16)17)11(18)14-8(3)9-4-12-13-5-9/h4-5,7-8H,6H2,1-3H3,(H,12,13)(H,14,18)(H,16,17). The summed E-state index contributed by atoms with van der Waals surface area (Å²) in [4.78, 5) is 23.9. The maximum absolute atomic E-state index is 11.9.